The maximum absolute atomic E-state index is 5.25. The van der Waals surface area contributed by atoms with Gasteiger partial charge in [0.25, 0.3) is 0 Å². The Morgan fingerprint density at radius 1 is 0.400 bits per heavy atom. The van der Waals surface area contributed by atoms with Crippen LogP contribution in [0.25, 0.3) is 89.2 Å². The minimum atomic E-state index is -0.152. The van der Waals surface area contributed by atoms with E-state index in [4.69, 9.17) is 9.97 Å². The van der Waals surface area contributed by atoms with Gasteiger partial charge in [-0.05, 0) is 103 Å². The molecule has 2 aromatic heterocycles. The van der Waals surface area contributed by atoms with Crippen LogP contribution in [-0.2, 0) is 5.41 Å². The average Bonchev–Trinajstić information content (AvgIpc) is 3.49. The molecule has 0 unspecified atom stereocenters. The molecule has 0 spiro atoms. The number of hydrogen-bond donors (Lipinski definition) is 0. The van der Waals surface area contributed by atoms with E-state index in [1.165, 1.54) is 33.0 Å². The summed E-state index contributed by atoms with van der Waals surface area (Å²) in [7, 11) is 0. The molecular weight excluding hydrogens is 667 g/mol. The third kappa shape index (κ3) is 5.82. The first kappa shape index (κ1) is 32.7. The number of fused-ring (bicyclic) bond motifs is 5. The molecule has 0 aliphatic heterocycles. The molecule has 260 valence electrons. The molecule has 0 saturated heterocycles. The minimum absolute atomic E-state index is 0.152. The van der Waals surface area contributed by atoms with Crippen molar-refractivity contribution < 1.29 is 0 Å². The lowest BCUT2D eigenvalue weighted by Gasteiger charge is -2.22. The fourth-order valence-corrected chi connectivity index (χ4v) is 8.28. The standard InChI is InChI=1S/C52H37N3/c1-52(2)46-25-23-34-13-9-10-21-44(34)50(46)45-24-22-39(31-47(45)52)42-28-41(38-19-11-18-37(27-38)40-20-12-26-53-33-40)29-43(30-42)51-54-48(35-14-5-3-6-15-35)32-49(55-51)36-16-7-4-8-17-36/h3-33H,1-2H3. The smallest absolute Gasteiger partial charge is 0.160 e. The topological polar surface area (TPSA) is 38.7 Å². The summed E-state index contributed by atoms with van der Waals surface area (Å²) >= 11 is 0. The lowest BCUT2D eigenvalue weighted by atomic mass is 9.81. The van der Waals surface area contributed by atoms with E-state index in [1.807, 2.05) is 30.6 Å². The van der Waals surface area contributed by atoms with Gasteiger partial charge in [0.15, 0.2) is 5.82 Å². The number of aromatic nitrogens is 3. The summed E-state index contributed by atoms with van der Waals surface area (Å²) in [6.07, 6.45) is 3.73. The molecule has 2 heterocycles. The van der Waals surface area contributed by atoms with Crippen molar-refractivity contribution in [3.63, 3.8) is 0 Å². The largest absolute Gasteiger partial charge is 0.264 e. The quantitative estimate of drug-likeness (QED) is 0.173. The Morgan fingerprint density at radius 2 is 0.982 bits per heavy atom. The van der Waals surface area contributed by atoms with Crippen molar-refractivity contribution >= 4 is 10.8 Å². The van der Waals surface area contributed by atoms with Gasteiger partial charge in [0.1, 0.15) is 0 Å². The van der Waals surface area contributed by atoms with Gasteiger partial charge in [0, 0.05) is 40.1 Å². The van der Waals surface area contributed by atoms with Crippen molar-refractivity contribution in [1.82, 2.24) is 15.0 Å². The van der Waals surface area contributed by atoms with E-state index in [0.717, 1.165) is 61.5 Å². The van der Waals surface area contributed by atoms with E-state index >= 15 is 0 Å². The third-order valence-corrected chi connectivity index (χ3v) is 11.1. The Hall–Kier alpha value is -6.97. The minimum Gasteiger partial charge on any atom is -0.264 e. The highest BCUT2D eigenvalue weighted by Gasteiger charge is 2.36. The SMILES string of the molecule is CC1(C)c2cc(-c3cc(-c4cccc(-c5cccnc5)c4)cc(-c4nc(-c5ccccc5)cc(-c5ccccc5)n4)c3)ccc2-c2c1ccc1ccccc21. The van der Waals surface area contributed by atoms with Crippen LogP contribution in [0.4, 0.5) is 0 Å². The predicted octanol–water partition coefficient (Wildman–Crippen LogP) is 13.3. The Labute approximate surface area is 321 Å². The van der Waals surface area contributed by atoms with Crippen molar-refractivity contribution in [3.8, 4) is 78.4 Å². The monoisotopic (exact) mass is 703 g/mol. The molecule has 0 atom stereocenters. The number of pyridine rings is 1. The van der Waals surface area contributed by atoms with E-state index in [9.17, 15) is 0 Å². The molecule has 1 aliphatic rings. The average molecular weight is 704 g/mol. The first-order valence-electron chi connectivity index (χ1n) is 18.8. The molecule has 0 saturated carbocycles. The van der Waals surface area contributed by atoms with Crippen LogP contribution in [0.2, 0.25) is 0 Å². The molecule has 10 rings (SSSR count). The third-order valence-electron chi connectivity index (χ3n) is 11.1. The Bertz CT molecular complexity index is 2820. The predicted molar refractivity (Wildman–Crippen MR) is 228 cm³/mol. The second-order valence-electron chi connectivity index (χ2n) is 14.9. The van der Waals surface area contributed by atoms with E-state index < -0.39 is 0 Å². The highest BCUT2D eigenvalue weighted by molar-refractivity contribution is 6.03. The number of benzene rings is 7. The molecule has 0 bridgehead atoms. The van der Waals surface area contributed by atoms with Crippen LogP contribution >= 0.6 is 0 Å². The second-order valence-corrected chi connectivity index (χ2v) is 14.9. The van der Waals surface area contributed by atoms with E-state index in [0.29, 0.717) is 5.82 Å². The summed E-state index contributed by atoms with van der Waals surface area (Å²) in [4.78, 5) is 14.9. The lowest BCUT2D eigenvalue weighted by molar-refractivity contribution is 0.661. The molecule has 0 fully saturated rings. The van der Waals surface area contributed by atoms with Crippen LogP contribution in [-0.4, -0.2) is 15.0 Å². The molecule has 3 heteroatoms. The molecular formula is C52H37N3. The molecule has 55 heavy (non-hydrogen) atoms. The van der Waals surface area contributed by atoms with Crippen LogP contribution in [0.5, 0.6) is 0 Å². The zero-order chi connectivity index (χ0) is 36.9. The molecule has 0 radical (unpaired) electrons. The highest BCUT2D eigenvalue weighted by Crippen LogP contribution is 2.52. The van der Waals surface area contributed by atoms with Gasteiger partial charge in [-0.15, -0.1) is 0 Å². The fraction of sp³-hybridized carbons (Fsp3) is 0.0577. The lowest BCUT2D eigenvalue weighted by Crippen LogP contribution is -2.15. The Kier molecular flexibility index (Phi) is 7.81. The molecule has 9 aromatic rings. The summed E-state index contributed by atoms with van der Waals surface area (Å²) in [5, 5.41) is 2.58. The second kappa shape index (κ2) is 13.2. The Morgan fingerprint density at radius 3 is 1.67 bits per heavy atom. The zero-order valence-electron chi connectivity index (χ0n) is 30.7. The number of rotatable bonds is 6. The van der Waals surface area contributed by atoms with Crippen molar-refractivity contribution in [3.05, 3.63) is 199 Å². The van der Waals surface area contributed by atoms with Crippen molar-refractivity contribution in [1.29, 1.82) is 0 Å². The van der Waals surface area contributed by atoms with Crippen LogP contribution < -0.4 is 0 Å². The van der Waals surface area contributed by atoms with Gasteiger partial charge in [-0.1, -0.05) is 147 Å². The summed E-state index contributed by atoms with van der Waals surface area (Å²) in [6.45, 7) is 4.71. The molecule has 0 N–H and O–H groups in total. The van der Waals surface area contributed by atoms with Crippen LogP contribution in [0.3, 0.4) is 0 Å². The van der Waals surface area contributed by atoms with Crippen molar-refractivity contribution in [2.75, 3.05) is 0 Å². The van der Waals surface area contributed by atoms with Gasteiger partial charge in [-0.2, -0.15) is 0 Å². The van der Waals surface area contributed by atoms with Crippen LogP contribution in [0.1, 0.15) is 25.0 Å². The number of nitrogens with zero attached hydrogens (tertiary/aromatic N) is 3. The maximum Gasteiger partial charge on any atom is 0.160 e. The van der Waals surface area contributed by atoms with Crippen LogP contribution in [0, 0.1) is 0 Å². The summed E-state index contributed by atoms with van der Waals surface area (Å²) in [5.74, 6) is 0.687. The first-order valence-corrected chi connectivity index (χ1v) is 18.8. The van der Waals surface area contributed by atoms with Gasteiger partial charge in [-0.3, -0.25) is 4.98 Å². The van der Waals surface area contributed by atoms with E-state index in [-0.39, 0.29) is 5.41 Å². The van der Waals surface area contributed by atoms with Crippen LogP contribution in [0.15, 0.2) is 188 Å². The normalized spacial score (nSPS) is 12.7. The Balaban J connectivity index is 1.18. The molecule has 1 aliphatic carbocycles. The summed E-state index contributed by atoms with van der Waals surface area (Å²) in [6, 6.07) is 62.9. The van der Waals surface area contributed by atoms with E-state index in [1.54, 1.807) is 0 Å². The summed E-state index contributed by atoms with van der Waals surface area (Å²) in [5.41, 5.74) is 16.8. The maximum atomic E-state index is 5.25. The molecule has 3 nitrogen and oxygen atoms in total. The summed E-state index contributed by atoms with van der Waals surface area (Å²) < 4.78 is 0. The molecule has 0 amide bonds. The van der Waals surface area contributed by atoms with Gasteiger partial charge < -0.3 is 0 Å². The van der Waals surface area contributed by atoms with Gasteiger partial charge >= 0.3 is 0 Å². The zero-order valence-corrected chi connectivity index (χ0v) is 30.7. The van der Waals surface area contributed by atoms with Gasteiger partial charge in [0.2, 0.25) is 0 Å². The molecule has 7 aromatic carbocycles. The van der Waals surface area contributed by atoms with Gasteiger partial charge in [0.05, 0.1) is 11.4 Å². The van der Waals surface area contributed by atoms with E-state index in [2.05, 4.69) is 177 Å². The van der Waals surface area contributed by atoms with Crippen molar-refractivity contribution in [2.24, 2.45) is 0 Å². The highest BCUT2D eigenvalue weighted by atomic mass is 14.9. The number of hydrogen-bond acceptors (Lipinski definition) is 3. The van der Waals surface area contributed by atoms with Gasteiger partial charge in [-0.25, -0.2) is 9.97 Å². The fourth-order valence-electron chi connectivity index (χ4n) is 8.28. The van der Waals surface area contributed by atoms with Crippen molar-refractivity contribution in [2.45, 2.75) is 19.3 Å². The first-order chi connectivity index (χ1) is 27.0.